The number of hydrogen-bond acceptors (Lipinski definition) is 6. The molecule has 0 spiro atoms. The van der Waals surface area contributed by atoms with Crippen molar-refractivity contribution >= 4 is 17.6 Å². The van der Waals surface area contributed by atoms with Gasteiger partial charge in [-0.2, -0.15) is 0 Å². The van der Waals surface area contributed by atoms with Crippen LogP contribution < -0.4 is 15.5 Å². The normalized spacial score (nSPS) is 24.2. The second kappa shape index (κ2) is 8.46. The molecule has 7 nitrogen and oxygen atoms in total. The highest BCUT2D eigenvalue weighted by Crippen LogP contribution is 2.18. The third-order valence-electron chi connectivity index (χ3n) is 4.71. The van der Waals surface area contributed by atoms with E-state index in [1.807, 2.05) is 0 Å². The van der Waals surface area contributed by atoms with Crippen molar-refractivity contribution < 1.29 is 18.7 Å². The number of piperazine rings is 1. The van der Waals surface area contributed by atoms with E-state index in [1.54, 1.807) is 19.1 Å². The zero-order chi connectivity index (χ0) is 18.5. The molecule has 2 atom stereocenters. The maximum atomic E-state index is 13.1. The number of carbonyl (C=O) groups is 2. The van der Waals surface area contributed by atoms with Crippen LogP contribution in [0.5, 0.6) is 0 Å². The van der Waals surface area contributed by atoms with Gasteiger partial charge in [-0.15, -0.1) is 0 Å². The van der Waals surface area contributed by atoms with Crippen LogP contribution in [0.4, 0.5) is 10.1 Å². The maximum Gasteiger partial charge on any atom is 0.307 e. The summed E-state index contributed by atoms with van der Waals surface area (Å²) in [6.07, 6.45) is 0.170. The van der Waals surface area contributed by atoms with Gasteiger partial charge in [0.15, 0.2) is 0 Å². The predicted molar refractivity (Wildman–Crippen MR) is 94.9 cm³/mol. The number of amides is 1. The summed E-state index contributed by atoms with van der Waals surface area (Å²) in [6.45, 7) is 5.17. The first-order valence-electron chi connectivity index (χ1n) is 9.00. The van der Waals surface area contributed by atoms with E-state index in [0.717, 1.165) is 31.9 Å². The van der Waals surface area contributed by atoms with Gasteiger partial charge in [0.25, 0.3) is 0 Å². The van der Waals surface area contributed by atoms with E-state index < -0.39 is 0 Å². The zero-order valence-electron chi connectivity index (χ0n) is 14.9. The predicted octanol–water partition coefficient (Wildman–Crippen LogP) is 0.663. The van der Waals surface area contributed by atoms with Gasteiger partial charge in [-0.1, -0.05) is 0 Å². The van der Waals surface area contributed by atoms with Crippen LogP contribution in [0.2, 0.25) is 0 Å². The van der Waals surface area contributed by atoms with E-state index in [9.17, 15) is 14.0 Å². The minimum Gasteiger partial charge on any atom is -0.466 e. The van der Waals surface area contributed by atoms with E-state index in [-0.39, 0.29) is 42.9 Å². The van der Waals surface area contributed by atoms with Crippen molar-refractivity contribution in [2.45, 2.75) is 32.1 Å². The fourth-order valence-electron chi connectivity index (χ4n) is 3.40. The number of halogens is 1. The number of nitrogens with one attached hydrogen (secondary N) is 2. The minimum atomic E-state index is -0.292. The number of esters is 1. The number of hydrogen-bond donors (Lipinski definition) is 2. The highest BCUT2D eigenvalue weighted by molar-refractivity contribution is 5.79. The largest absolute Gasteiger partial charge is 0.466 e. The molecule has 1 aromatic rings. The van der Waals surface area contributed by atoms with Crippen molar-refractivity contribution in [2.75, 3.05) is 37.7 Å². The highest BCUT2D eigenvalue weighted by atomic mass is 19.1. The molecule has 0 radical (unpaired) electrons. The van der Waals surface area contributed by atoms with Crippen molar-refractivity contribution in [1.82, 2.24) is 15.5 Å². The second-order valence-corrected chi connectivity index (χ2v) is 6.55. The Kier molecular flexibility index (Phi) is 6.05. The van der Waals surface area contributed by atoms with Crippen LogP contribution in [0.3, 0.4) is 0 Å². The molecular weight excluding hydrogens is 339 g/mol. The fourth-order valence-corrected chi connectivity index (χ4v) is 3.40. The van der Waals surface area contributed by atoms with Gasteiger partial charge in [-0.25, -0.2) is 4.39 Å². The molecule has 2 unspecified atom stereocenters. The van der Waals surface area contributed by atoms with E-state index in [2.05, 4.69) is 20.4 Å². The van der Waals surface area contributed by atoms with Crippen LogP contribution in [0.25, 0.3) is 0 Å². The molecule has 2 fully saturated rings. The van der Waals surface area contributed by atoms with Crippen molar-refractivity contribution in [2.24, 2.45) is 0 Å². The summed E-state index contributed by atoms with van der Waals surface area (Å²) < 4.78 is 18.0. The summed E-state index contributed by atoms with van der Waals surface area (Å²) in [5.74, 6) is -0.599. The van der Waals surface area contributed by atoms with Crippen molar-refractivity contribution in [3.05, 3.63) is 30.1 Å². The summed E-state index contributed by atoms with van der Waals surface area (Å²) >= 11 is 0. The van der Waals surface area contributed by atoms with Crippen LogP contribution in [0.1, 0.15) is 19.8 Å². The molecule has 2 aliphatic heterocycles. The van der Waals surface area contributed by atoms with Gasteiger partial charge in [0.2, 0.25) is 5.91 Å². The fraction of sp³-hybridized carbons (Fsp3) is 0.556. The third-order valence-corrected chi connectivity index (χ3v) is 4.71. The van der Waals surface area contributed by atoms with Gasteiger partial charge in [0, 0.05) is 44.3 Å². The Labute approximate surface area is 152 Å². The number of benzene rings is 1. The first-order valence-corrected chi connectivity index (χ1v) is 9.00. The summed E-state index contributed by atoms with van der Waals surface area (Å²) in [5, 5.41) is 6.27. The van der Waals surface area contributed by atoms with Crippen LogP contribution in [-0.4, -0.2) is 61.9 Å². The van der Waals surface area contributed by atoms with Gasteiger partial charge in [0.05, 0.1) is 13.0 Å². The van der Waals surface area contributed by atoms with Crippen molar-refractivity contribution in [3.63, 3.8) is 0 Å². The van der Waals surface area contributed by atoms with E-state index in [1.165, 1.54) is 12.1 Å². The highest BCUT2D eigenvalue weighted by Gasteiger charge is 2.32. The Morgan fingerprint density at radius 1 is 1.23 bits per heavy atom. The first-order chi connectivity index (χ1) is 12.5. The molecule has 1 aromatic carbocycles. The number of carbonyl (C=O) groups excluding carboxylic acids is 2. The smallest absolute Gasteiger partial charge is 0.307 e. The summed E-state index contributed by atoms with van der Waals surface area (Å²) in [6, 6.07) is 6.26. The summed E-state index contributed by atoms with van der Waals surface area (Å²) in [5.41, 5.74) is 0.992. The van der Waals surface area contributed by atoms with Gasteiger partial charge in [-0.05, 0) is 31.2 Å². The van der Waals surface area contributed by atoms with Crippen molar-refractivity contribution in [3.8, 4) is 0 Å². The summed E-state index contributed by atoms with van der Waals surface area (Å²) in [4.78, 5) is 28.0. The third kappa shape index (κ3) is 4.70. The monoisotopic (exact) mass is 364 g/mol. The van der Waals surface area contributed by atoms with Crippen LogP contribution in [-0.2, 0) is 14.3 Å². The van der Waals surface area contributed by atoms with Crippen LogP contribution >= 0.6 is 0 Å². The van der Waals surface area contributed by atoms with Gasteiger partial charge in [0.1, 0.15) is 12.1 Å². The molecule has 0 aliphatic carbocycles. The number of ether oxygens (including phenoxy) is 1. The van der Waals surface area contributed by atoms with Crippen molar-refractivity contribution in [1.29, 1.82) is 0 Å². The van der Waals surface area contributed by atoms with Gasteiger partial charge >= 0.3 is 5.97 Å². The van der Waals surface area contributed by atoms with E-state index in [0.29, 0.717) is 6.61 Å². The number of nitrogens with zero attached hydrogens (tertiary/aromatic N) is 2. The molecular formula is C18H25FN4O3. The average Bonchev–Trinajstić information content (AvgIpc) is 2.62. The van der Waals surface area contributed by atoms with Gasteiger partial charge < -0.3 is 15.0 Å². The lowest BCUT2D eigenvalue weighted by Gasteiger charge is -2.43. The van der Waals surface area contributed by atoms with E-state index >= 15 is 0 Å². The Bertz CT molecular complexity index is 632. The minimum absolute atomic E-state index is 0.0657. The molecule has 142 valence electrons. The molecule has 1 amide bonds. The molecule has 0 saturated carbocycles. The Balaban J connectivity index is 1.53. The molecule has 8 heteroatoms. The molecule has 3 rings (SSSR count). The molecule has 2 aliphatic rings. The molecule has 0 aromatic heterocycles. The van der Waals surface area contributed by atoms with Crippen LogP contribution in [0, 0.1) is 5.82 Å². The molecule has 2 N–H and O–H groups in total. The maximum absolute atomic E-state index is 13.1. The topological polar surface area (TPSA) is 73.9 Å². The molecule has 0 bridgehead atoms. The molecule has 2 heterocycles. The second-order valence-electron chi connectivity index (χ2n) is 6.55. The number of anilines is 1. The standard InChI is InChI=1S/C18H25FN4O3/c1-2-26-17(25)12-14-11-16(24)21-18(20-14)23-9-7-22(8-10-23)15-5-3-13(19)4-6-15/h3-6,14,18,20H,2,7-12H2,1H3,(H,21,24). The lowest BCUT2D eigenvalue weighted by Crippen LogP contribution is -2.66. The molecule has 2 saturated heterocycles. The number of rotatable bonds is 5. The lowest BCUT2D eigenvalue weighted by molar-refractivity contribution is -0.144. The Morgan fingerprint density at radius 2 is 1.92 bits per heavy atom. The SMILES string of the molecule is CCOC(=O)CC1CC(=O)NC(N2CCN(c3ccc(F)cc3)CC2)N1. The first kappa shape index (κ1) is 18.6. The quantitative estimate of drug-likeness (QED) is 0.748. The average molecular weight is 364 g/mol. The van der Waals surface area contributed by atoms with E-state index in [4.69, 9.17) is 4.74 Å². The molecule has 26 heavy (non-hydrogen) atoms. The van der Waals surface area contributed by atoms with Gasteiger partial charge in [-0.3, -0.25) is 19.8 Å². The lowest BCUT2D eigenvalue weighted by atomic mass is 10.1. The summed E-state index contributed by atoms with van der Waals surface area (Å²) in [7, 11) is 0. The van der Waals surface area contributed by atoms with Crippen LogP contribution in [0.15, 0.2) is 24.3 Å². The Hall–Kier alpha value is -2.19. The Morgan fingerprint density at radius 3 is 2.58 bits per heavy atom. The zero-order valence-corrected chi connectivity index (χ0v) is 14.9.